The second-order valence-corrected chi connectivity index (χ2v) is 4.47. The van der Waals surface area contributed by atoms with Crippen molar-refractivity contribution in [1.29, 1.82) is 0 Å². The van der Waals surface area contributed by atoms with Gasteiger partial charge in [0, 0.05) is 19.2 Å². The summed E-state index contributed by atoms with van der Waals surface area (Å²) in [5, 5.41) is 9.48. The minimum absolute atomic E-state index is 0.141. The fourth-order valence-electron chi connectivity index (χ4n) is 2.04. The standard InChI is InChI=1S/C14H16FNO2/c15-12-4-1-3-11(9-12)6-7-14(18)16-8-2-5-13(17)10-16/h1,3-4,6-7,9,13,17H,2,5,8,10H2/b7-6+. The molecule has 0 bridgehead atoms. The van der Waals surface area contributed by atoms with Crippen LogP contribution in [0.3, 0.4) is 0 Å². The molecule has 1 fully saturated rings. The van der Waals surface area contributed by atoms with Crippen LogP contribution < -0.4 is 0 Å². The number of nitrogens with zero attached hydrogens (tertiary/aromatic N) is 1. The lowest BCUT2D eigenvalue weighted by Crippen LogP contribution is -2.41. The van der Waals surface area contributed by atoms with Crippen molar-refractivity contribution in [3.63, 3.8) is 0 Å². The van der Waals surface area contributed by atoms with E-state index in [-0.39, 0.29) is 11.7 Å². The first kappa shape index (κ1) is 12.8. The molecule has 1 heterocycles. The van der Waals surface area contributed by atoms with E-state index in [4.69, 9.17) is 0 Å². The van der Waals surface area contributed by atoms with Gasteiger partial charge in [0.1, 0.15) is 5.82 Å². The highest BCUT2D eigenvalue weighted by molar-refractivity contribution is 5.91. The van der Waals surface area contributed by atoms with Crippen LogP contribution in [0.5, 0.6) is 0 Å². The second-order valence-electron chi connectivity index (χ2n) is 4.47. The SMILES string of the molecule is O=C(/C=C/c1cccc(F)c1)N1CCCC(O)C1. The van der Waals surface area contributed by atoms with Gasteiger partial charge in [-0.2, -0.15) is 0 Å². The van der Waals surface area contributed by atoms with Crippen LogP contribution in [0.2, 0.25) is 0 Å². The van der Waals surface area contributed by atoms with E-state index >= 15 is 0 Å². The highest BCUT2D eigenvalue weighted by Crippen LogP contribution is 2.11. The van der Waals surface area contributed by atoms with Gasteiger partial charge in [0.25, 0.3) is 0 Å². The van der Waals surface area contributed by atoms with E-state index in [9.17, 15) is 14.3 Å². The molecule has 3 nitrogen and oxygen atoms in total. The summed E-state index contributed by atoms with van der Waals surface area (Å²) < 4.78 is 12.9. The molecule has 2 rings (SSSR count). The monoisotopic (exact) mass is 249 g/mol. The van der Waals surface area contributed by atoms with Crippen LogP contribution in [0.25, 0.3) is 6.08 Å². The van der Waals surface area contributed by atoms with Crippen LogP contribution in [-0.2, 0) is 4.79 Å². The minimum atomic E-state index is -0.426. The average Bonchev–Trinajstić information content (AvgIpc) is 2.36. The smallest absolute Gasteiger partial charge is 0.246 e. The number of amides is 1. The van der Waals surface area contributed by atoms with Crippen molar-refractivity contribution >= 4 is 12.0 Å². The van der Waals surface area contributed by atoms with Crippen LogP contribution in [0.1, 0.15) is 18.4 Å². The molecule has 1 N–H and O–H groups in total. The molecule has 1 aliphatic heterocycles. The third kappa shape index (κ3) is 3.40. The number of carbonyl (C=O) groups is 1. The highest BCUT2D eigenvalue weighted by Gasteiger charge is 2.20. The average molecular weight is 249 g/mol. The highest BCUT2D eigenvalue weighted by atomic mass is 19.1. The summed E-state index contributed by atoms with van der Waals surface area (Å²) in [7, 11) is 0. The summed E-state index contributed by atoms with van der Waals surface area (Å²) in [6.07, 6.45) is 4.15. The number of halogens is 1. The zero-order valence-electron chi connectivity index (χ0n) is 10.1. The quantitative estimate of drug-likeness (QED) is 0.812. The Hall–Kier alpha value is -1.68. The van der Waals surface area contributed by atoms with Gasteiger partial charge in [-0.25, -0.2) is 4.39 Å². The van der Waals surface area contributed by atoms with Gasteiger partial charge in [-0.3, -0.25) is 4.79 Å². The number of hydrogen-bond acceptors (Lipinski definition) is 2. The molecule has 1 aliphatic rings. The third-order valence-electron chi connectivity index (χ3n) is 2.98. The molecule has 1 amide bonds. The number of hydrogen-bond donors (Lipinski definition) is 1. The number of carbonyl (C=O) groups excluding carboxylic acids is 1. The number of benzene rings is 1. The predicted octanol–water partition coefficient (Wildman–Crippen LogP) is 1.82. The lowest BCUT2D eigenvalue weighted by molar-refractivity contribution is -0.128. The Morgan fingerprint density at radius 3 is 3.06 bits per heavy atom. The Bertz CT molecular complexity index is 459. The maximum absolute atomic E-state index is 12.9. The first-order valence-electron chi connectivity index (χ1n) is 6.06. The van der Waals surface area contributed by atoms with Gasteiger partial charge >= 0.3 is 0 Å². The van der Waals surface area contributed by atoms with Crippen molar-refractivity contribution < 1.29 is 14.3 Å². The van der Waals surface area contributed by atoms with Crippen molar-refractivity contribution in [1.82, 2.24) is 4.90 Å². The van der Waals surface area contributed by atoms with Crippen LogP contribution in [0.15, 0.2) is 30.3 Å². The van der Waals surface area contributed by atoms with E-state index in [2.05, 4.69) is 0 Å². The molecule has 1 aromatic carbocycles. The molecule has 1 atom stereocenters. The summed E-state index contributed by atoms with van der Waals surface area (Å²) in [6.45, 7) is 1.05. The lowest BCUT2D eigenvalue weighted by atomic mass is 10.1. The first-order chi connectivity index (χ1) is 8.65. The van der Waals surface area contributed by atoms with Gasteiger partial charge in [0.2, 0.25) is 5.91 Å². The Balaban J connectivity index is 1.98. The summed E-state index contributed by atoms with van der Waals surface area (Å²) >= 11 is 0. The molecular weight excluding hydrogens is 233 g/mol. The van der Waals surface area contributed by atoms with E-state index < -0.39 is 6.10 Å². The predicted molar refractivity (Wildman–Crippen MR) is 67.3 cm³/mol. The molecule has 18 heavy (non-hydrogen) atoms. The van der Waals surface area contributed by atoms with Gasteiger partial charge < -0.3 is 10.0 Å². The normalized spacial score (nSPS) is 20.3. The van der Waals surface area contributed by atoms with Crippen molar-refractivity contribution in [2.75, 3.05) is 13.1 Å². The summed E-state index contributed by atoms with van der Waals surface area (Å²) in [4.78, 5) is 13.5. The maximum Gasteiger partial charge on any atom is 0.246 e. The zero-order chi connectivity index (χ0) is 13.0. The van der Waals surface area contributed by atoms with Crippen molar-refractivity contribution in [2.24, 2.45) is 0 Å². The molecule has 1 saturated heterocycles. The van der Waals surface area contributed by atoms with Gasteiger partial charge in [-0.15, -0.1) is 0 Å². The molecule has 0 spiro atoms. The van der Waals surface area contributed by atoms with E-state index in [0.717, 1.165) is 12.8 Å². The molecule has 0 aromatic heterocycles. The molecule has 4 heteroatoms. The number of likely N-dealkylation sites (tertiary alicyclic amines) is 1. The van der Waals surface area contributed by atoms with E-state index in [0.29, 0.717) is 18.7 Å². The Labute approximate surface area is 106 Å². The van der Waals surface area contributed by atoms with Crippen LogP contribution in [-0.4, -0.2) is 35.1 Å². The van der Waals surface area contributed by atoms with Crippen LogP contribution in [0, 0.1) is 5.82 Å². The summed E-state index contributed by atoms with van der Waals surface area (Å²) in [6, 6.07) is 6.07. The fourth-order valence-corrected chi connectivity index (χ4v) is 2.04. The molecule has 0 saturated carbocycles. The molecule has 0 aliphatic carbocycles. The largest absolute Gasteiger partial charge is 0.391 e. The van der Waals surface area contributed by atoms with Gasteiger partial charge in [-0.05, 0) is 36.6 Å². The second kappa shape index (κ2) is 5.78. The first-order valence-corrected chi connectivity index (χ1v) is 6.06. The molecule has 96 valence electrons. The third-order valence-corrected chi connectivity index (χ3v) is 2.98. The summed E-state index contributed by atoms with van der Waals surface area (Å²) in [5.74, 6) is -0.462. The summed E-state index contributed by atoms with van der Waals surface area (Å²) in [5.41, 5.74) is 0.654. The van der Waals surface area contributed by atoms with Gasteiger partial charge in [0.05, 0.1) is 6.10 Å². The number of rotatable bonds is 2. The number of piperidine rings is 1. The molecular formula is C14H16FNO2. The van der Waals surface area contributed by atoms with Crippen molar-refractivity contribution in [2.45, 2.75) is 18.9 Å². The van der Waals surface area contributed by atoms with Gasteiger partial charge in [-0.1, -0.05) is 12.1 Å². The topological polar surface area (TPSA) is 40.5 Å². The molecule has 1 unspecified atom stereocenters. The lowest BCUT2D eigenvalue weighted by Gasteiger charge is -2.29. The fraction of sp³-hybridized carbons (Fsp3) is 0.357. The molecule has 1 aromatic rings. The van der Waals surface area contributed by atoms with Gasteiger partial charge in [0.15, 0.2) is 0 Å². The van der Waals surface area contributed by atoms with E-state index in [1.54, 1.807) is 23.1 Å². The zero-order valence-corrected chi connectivity index (χ0v) is 10.1. The van der Waals surface area contributed by atoms with Crippen molar-refractivity contribution in [3.8, 4) is 0 Å². The van der Waals surface area contributed by atoms with Crippen LogP contribution in [0.4, 0.5) is 4.39 Å². The minimum Gasteiger partial charge on any atom is -0.391 e. The van der Waals surface area contributed by atoms with E-state index in [1.807, 2.05) is 0 Å². The maximum atomic E-state index is 12.9. The Morgan fingerprint density at radius 1 is 1.50 bits per heavy atom. The number of aliphatic hydroxyl groups excluding tert-OH is 1. The molecule has 0 radical (unpaired) electrons. The number of aliphatic hydroxyl groups is 1. The van der Waals surface area contributed by atoms with E-state index in [1.165, 1.54) is 18.2 Å². The Morgan fingerprint density at radius 2 is 2.33 bits per heavy atom. The Kier molecular flexibility index (Phi) is 4.10. The number of β-amino-alcohol motifs (C(OH)–C–C–N with tert-alkyl or cyclic N) is 1. The van der Waals surface area contributed by atoms with Crippen molar-refractivity contribution in [3.05, 3.63) is 41.7 Å². The van der Waals surface area contributed by atoms with Crippen LogP contribution >= 0.6 is 0 Å².